The maximum absolute atomic E-state index is 12.3. The molecule has 8 nitrogen and oxygen atoms in total. The number of ether oxygens (including phenoxy) is 2. The van der Waals surface area contributed by atoms with Crippen LogP contribution in [0.25, 0.3) is 0 Å². The standard InChI is InChI=1S/C17H18BrN3O5S/c1-9(20-17(24)13-5-6-14(18)27-13)16(23)21-10-3-4-11(25-2)12(7-10)26-8-15(19)22/h3-7,9H,8H2,1-2H3,(H2,19,22)(H,20,24)(H,21,23). The number of benzene rings is 1. The van der Waals surface area contributed by atoms with E-state index in [1.54, 1.807) is 31.2 Å². The summed E-state index contributed by atoms with van der Waals surface area (Å²) in [5.41, 5.74) is 5.49. The van der Waals surface area contributed by atoms with Gasteiger partial charge in [0, 0.05) is 11.8 Å². The van der Waals surface area contributed by atoms with E-state index in [-0.39, 0.29) is 18.3 Å². The van der Waals surface area contributed by atoms with Crippen LogP contribution >= 0.6 is 27.3 Å². The van der Waals surface area contributed by atoms with Gasteiger partial charge in [0.25, 0.3) is 11.8 Å². The van der Waals surface area contributed by atoms with Crippen LogP contribution in [0.1, 0.15) is 16.6 Å². The molecular weight excluding hydrogens is 438 g/mol. The Bertz CT molecular complexity index is 855. The van der Waals surface area contributed by atoms with E-state index in [1.165, 1.54) is 24.5 Å². The number of thiophene rings is 1. The number of carbonyl (C=O) groups is 3. The molecule has 1 atom stereocenters. The lowest BCUT2D eigenvalue weighted by Crippen LogP contribution is -2.41. The summed E-state index contributed by atoms with van der Waals surface area (Å²) in [6.07, 6.45) is 0. The lowest BCUT2D eigenvalue weighted by atomic mass is 10.2. The maximum Gasteiger partial charge on any atom is 0.262 e. The number of methoxy groups -OCH3 is 1. The first-order chi connectivity index (χ1) is 12.8. The Morgan fingerprint density at radius 1 is 1.22 bits per heavy atom. The number of nitrogens with two attached hydrogens (primary N) is 1. The first-order valence-electron chi connectivity index (χ1n) is 7.76. The van der Waals surface area contributed by atoms with Gasteiger partial charge in [0.15, 0.2) is 18.1 Å². The van der Waals surface area contributed by atoms with Gasteiger partial charge in [-0.25, -0.2) is 0 Å². The lowest BCUT2D eigenvalue weighted by Gasteiger charge is -2.15. The summed E-state index contributed by atoms with van der Waals surface area (Å²) in [6.45, 7) is 1.25. The van der Waals surface area contributed by atoms with Gasteiger partial charge in [-0.2, -0.15) is 0 Å². The molecule has 0 radical (unpaired) electrons. The van der Waals surface area contributed by atoms with Crippen molar-refractivity contribution in [2.45, 2.75) is 13.0 Å². The van der Waals surface area contributed by atoms with E-state index in [1.807, 2.05) is 0 Å². The van der Waals surface area contributed by atoms with Gasteiger partial charge in [0.05, 0.1) is 15.8 Å². The van der Waals surface area contributed by atoms with Crippen molar-refractivity contribution >= 4 is 50.7 Å². The van der Waals surface area contributed by atoms with Crippen molar-refractivity contribution in [2.75, 3.05) is 19.0 Å². The summed E-state index contributed by atoms with van der Waals surface area (Å²) in [5.74, 6) is -0.741. The van der Waals surface area contributed by atoms with E-state index in [0.29, 0.717) is 16.3 Å². The van der Waals surface area contributed by atoms with Crippen LogP contribution in [0, 0.1) is 0 Å². The molecule has 0 aliphatic carbocycles. The van der Waals surface area contributed by atoms with Gasteiger partial charge >= 0.3 is 0 Å². The largest absolute Gasteiger partial charge is 0.493 e. The topological polar surface area (TPSA) is 120 Å². The Hall–Kier alpha value is -2.59. The molecule has 27 heavy (non-hydrogen) atoms. The average Bonchev–Trinajstić information content (AvgIpc) is 3.06. The zero-order valence-corrected chi connectivity index (χ0v) is 17.0. The van der Waals surface area contributed by atoms with Gasteiger partial charge in [0.2, 0.25) is 5.91 Å². The Balaban J connectivity index is 2.02. The number of hydrogen-bond donors (Lipinski definition) is 3. The van der Waals surface area contributed by atoms with Gasteiger partial charge in [-0.05, 0) is 47.1 Å². The molecule has 2 aromatic rings. The summed E-state index contributed by atoms with van der Waals surface area (Å²) >= 11 is 4.56. The van der Waals surface area contributed by atoms with Crippen LogP contribution in [0.4, 0.5) is 5.69 Å². The quantitative estimate of drug-likeness (QED) is 0.562. The van der Waals surface area contributed by atoms with Crippen LogP contribution in [0.5, 0.6) is 11.5 Å². The zero-order valence-electron chi connectivity index (χ0n) is 14.6. The number of rotatable bonds is 8. The van der Waals surface area contributed by atoms with E-state index >= 15 is 0 Å². The Morgan fingerprint density at radius 2 is 1.96 bits per heavy atom. The molecule has 0 saturated heterocycles. The fourth-order valence-electron chi connectivity index (χ4n) is 2.04. The number of nitrogens with one attached hydrogen (secondary N) is 2. The number of primary amides is 1. The second-order valence-corrected chi connectivity index (χ2v) is 7.87. The molecular formula is C17H18BrN3O5S. The van der Waals surface area contributed by atoms with Crippen LogP contribution in [0.15, 0.2) is 34.1 Å². The Morgan fingerprint density at radius 3 is 2.56 bits per heavy atom. The van der Waals surface area contributed by atoms with Crippen molar-refractivity contribution in [1.82, 2.24) is 5.32 Å². The third kappa shape index (κ3) is 5.97. The minimum atomic E-state index is -0.768. The van der Waals surface area contributed by atoms with Crippen LogP contribution in [0.3, 0.4) is 0 Å². The van der Waals surface area contributed by atoms with Crippen molar-refractivity contribution in [3.8, 4) is 11.5 Å². The number of halogens is 1. The Labute approximate surface area is 168 Å². The Kier molecular flexibility index (Phi) is 7.19. The molecule has 2 rings (SSSR count). The molecule has 4 N–H and O–H groups in total. The molecule has 1 aromatic carbocycles. The fourth-order valence-corrected chi connectivity index (χ4v) is 3.33. The minimum Gasteiger partial charge on any atom is -0.493 e. The second kappa shape index (κ2) is 9.38. The second-order valence-electron chi connectivity index (χ2n) is 5.41. The highest BCUT2D eigenvalue weighted by Gasteiger charge is 2.18. The highest BCUT2D eigenvalue weighted by Crippen LogP contribution is 2.30. The SMILES string of the molecule is COc1ccc(NC(=O)C(C)NC(=O)c2ccc(Br)s2)cc1OCC(N)=O. The molecule has 1 heterocycles. The average molecular weight is 456 g/mol. The molecule has 0 spiro atoms. The van der Waals surface area contributed by atoms with Gasteiger partial charge < -0.3 is 25.8 Å². The van der Waals surface area contributed by atoms with E-state index in [9.17, 15) is 14.4 Å². The van der Waals surface area contributed by atoms with Gasteiger partial charge in [-0.15, -0.1) is 11.3 Å². The highest BCUT2D eigenvalue weighted by molar-refractivity contribution is 9.11. The number of amides is 3. The third-order valence-electron chi connectivity index (χ3n) is 3.34. The molecule has 1 unspecified atom stereocenters. The van der Waals surface area contributed by atoms with Crippen molar-refractivity contribution in [3.05, 3.63) is 39.0 Å². The lowest BCUT2D eigenvalue weighted by molar-refractivity contribution is -0.120. The summed E-state index contributed by atoms with van der Waals surface area (Å²) < 4.78 is 11.2. The normalized spacial score (nSPS) is 11.4. The summed E-state index contributed by atoms with van der Waals surface area (Å²) in [4.78, 5) is 35.9. The van der Waals surface area contributed by atoms with Crippen LogP contribution < -0.4 is 25.8 Å². The molecule has 10 heteroatoms. The molecule has 0 aliphatic heterocycles. The highest BCUT2D eigenvalue weighted by atomic mass is 79.9. The smallest absolute Gasteiger partial charge is 0.262 e. The predicted octanol–water partition coefficient (Wildman–Crippen LogP) is 2.14. The van der Waals surface area contributed by atoms with Gasteiger partial charge in [-0.3, -0.25) is 14.4 Å². The zero-order chi connectivity index (χ0) is 20.0. The summed E-state index contributed by atoms with van der Waals surface area (Å²) in [7, 11) is 1.45. The number of carbonyl (C=O) groups excluding carboxylic acids is 3. The van der Waals surface area contributed by atoms with E-state index in [0.717, 1.165) is 3.79 Å². The fraction of sp³-hybridized carbons (Fsp3) is 0.235. The first kappa shape index (κ1) is 20.7. The van der Waals surface area contributed by atoms with Crippen molar-refractivity contribution < 1.29 is 23.9 Å². The summed E-state index contributed by atoms with van der Waals surface area (Å²) in [5, 5.41) is 5.30. The molecule has 0 bridgehead atoms. The summed E-state index contributed by atoms with van der Waals surface area (Å²) in [6, 6.07) is 7.35. The number of hydrogen-bond acceptors (Lipinski definition) is 6. The van der Waals surface area contributed by atoms with Gasteiger partial charge in [-0.1, -0.05) is 0 Å². The predicted molar refractivity (Wildman–Crippen MR) is 105 cm³/mol. The van der Waals surface area contributed by atoms with Crippen molar-refractivity contribution in [2.24, 2.45) is 5.73 Å². The molecule has 144 valence electrons. The van der Waals surface area contributed by atoms with E-state index < -0.39 is 17.9 Å². The molecule has 3 amide bonds. The van der Waals surface area contributed by atoms with Crippen molar-refractivity contribution in [3.63, 3.8) is 0 Å². The van der Waals surface area contributed by atoms with Crippen molar-refractivity contribution in [1.29, 1.82) is 0 Å². The first-order valence-corrected chi connectivity index (χ1v) is 9.37. The van der Waals surface area contributed by atoms with E-state index in [4.69, 9.17) is 15.2 Å². The molecule has 0 fully saturated rings. The van der Waals surface area contributed by atoms with Gasteiger partial charge in [0.1, 0.15) is 6.04 Å². The van der Waals surface area contributed by atoms with E-state index in [2.05, 4.69) is 26.6 Å². The minimum absolute atomic E-state index is 0.259. The monoisotopic (exact) mass is 455 g/mol. The molecule has 0 saturated carbocycles. The van der Waals surface area contributed by atoms with Crippen LogP contribution in [-0.4, -0.2) is 37.5 Å². The van der Waals surface area contributed by atoms with Crippen LogP contribution in [0.2, 0.25) is 0 Å². The third-order valence-corrected chi connectivity index (χ3v) is 4.96. The maximum atomic E-state index is 12.3. The molecule has 0 aliphatic rings. The van der Waals surface area contributed by atoms with Crippen LogP contribution in [-0.2, 0) is 9.59 Å². The number of anilines is 1. The molecule has 1 aromatic heterocycles.